The Morgan fingerprint density at radius 1 is 1.50 bits per heavy atom. The Balaban J connectivity index is 3.30. The highest BCUT2D eigenvalue weighted by atomic mass is 35.5. The molecule has 0 aliphatic carbocycles. The first-order valence-electron chi connectivity index (χ1n) is 3.80. The molecule has 1 aromatic rings. The minimum atomic E-state index is -4.45. The van der Waals surface area contributed by atoms with Crippen LogP contribution in [-0.2, 0) is 6.18 Å². The minimum Gasteiger partial charge on any atom is -0.324 e. The summed E-state index contributed by atoms with van der Waals surface area (Å²) >= 11 is 5.38. The second-order valence-corrected chi connectivity index (χ2v) is 3.27. The average Bonchev–Trinajstić information content (AvgIpc) is 2.01. The Hall–Kier alpha value is -0.810. The first kappa shape index (κ1) is 11.3. The van der Waals surface area contributed by atoms with Crippen LogP contribution >= 0.6 is 11.6 Å². The number of alkyl halides is 3. The number of aromatic nitrogens is 1. The van der Waals surface area contributed by atoms with E-state index in [9.17, 15) is 13.2 Å². The Morgan fingerprint density at radius 2 is 2.07 bits per heavy atom. The van der Waals surface area contributed by atoms with Crippen LogP contribution in [0.4, 0.5) is 13.2 Å². The normalized spacial score (nSPS) is 14.1. The summed E-state index contributed by atoms with van der Waals surface area (Å²) in [6.07, 6.45) is -3.40. The molecule has 0 radical (unpaired) electrons. The molecule has 0 bridgehead atoms. The van der Waals surface area contributed by atoms with Gasteiger partial charge in [0.2, 0.25) is 0 Å². The number of halogens is 4. The third-order valence-electron chi connectivity index (χ3n) is 1.70. The molecule has 0 fully saturated rings. The van der Waals surface area contributed by atoms with Gasteiger partial charge in [-0.1, -0.05) is 11.6 Å². The fourth-order valence-corrected chi connectivity index (χ4v) is 1.21. The van der Waals surface area contributed by atoms with Gasteiger partial charge < -0.3 is 5.73 Å². The number of hydrogen-bond acceptors (Lipinski definition) is 2. The minimum absolute atomic E-state index is 0.0538. The lowest BCUT2D eigenvalue weighted by Gasteiger charge is -2.14. The maximum absolute atomic E-state index is 12.4. The Kier molecular flexibility index (Phi) is 3.01. The zero-order chi connectivity index (χ0) is 10.9. The molecule has 14 heavy (non-hydrogen) atoms. The van der Waals surface area contributed by atoms with E-state index in [1.807, 2.05) is 0 Å². The lowest BCUT2D eigenvalue weighted by atomic mass is 10.0. The quantitative estimate of drug-likeness (QED) is 0.745. The molecule has 1 unspecified atom stereocenters. The summed E-state index contributed by atoms with van der Waals surface area (Å²) in [5.74, 6) is 0. The average molecular weight is 225 g/mol. The van der Waals surface area contributed by atoms with Crippen molar-refractivity contribution in [2.45, 2.75) is 19.1 Å². The molecule has 0 spiro atoms. The standard InChI is InChI=1S/C8H8ClF3N2/c1-4(13)5-3-14-7(9)2-6(5)8(10,11)12/h2-4H,13H2,1H3. The van der Waals surface area contributed by atoms with Crippen molar-refractivity contribution in [2.24, 2.45) is 5.73 Å². The van der Waals surface area contributed by atoms with E-state index in [2.05, 4.69) is 4.98 Å². The van der Waals surface area contributed by atoms with Crippen molar-refractivity contribution in [3.8, 4) is 0 Å². The molecule has 0 aliphatic rings. The van der Waals surface area contributed by atoms with Crippen molar-refractivity contribution < 1.29 is 13.2 Å². The summed E-state index contributed by atoms with van der Waals surface area (Å²) in [4.78, 5) is 3.56. The highest BCUT2D eigenvalue weighted by molar-refractivity contribution is 6.29. The van der Waals surface area contributed by atoms with Crippen LogP contribution in [0.3, 0.4) is 0 Å². The van der Waals surface area contributed by atoms with Crippen LogP contribution < -0.4 is 5.73 Å². The largest absolute Gasteiger partial charge is 0.416 e. The summed E-state index contributed by atoms with van der Waals surface area (Å²) < 4.78 is 37.3. The van der Waals surface area contributed by atoms with Crippen LogP contribution in [-0.4, -0.2) is 4.98 Å². The summed E-state index contributed by atoms with van der Waals surface area (Å²) in [5.41, 5.74) is 4.50. The fourth-order valence-electron chi connectivity index (χ4n) is 1.05. The van der Waals surface area contributed by atoms with Crippen molar-refractivity contribution >= 4 is 11.6 Å². The molecule has 78 valence electrons. The first-order valence-corrected chi connectivity index (χ1v) is 4.18. The zero-order valence-corrected chi connectivity index (χ0v) is 8.02. The molecular formula is C8H8ClF3N2. The number of pyridine rings is 1. The lowest BCUT2D eigenvalue weighted by Crippen LogP contribution is -2.15. The van der Waals surface area contributed by atoms with Gasteiger partial charge in [-0.25, -0.2) is 4.98 Å². The molecule has 0 aliphatic heterocycles. The highest BCUT2D eigenvalue weighted by Gasteiger charge is 2.34. The molecule has 2 nitrogen and oxygen atoms in total. The van der Waals surface area contributed by atoms with Crippen LogP contribution in [0.5, 0.6) is 0 Å². The molecule has 2 N–H and O–H groups in total. The van der Waals surface area contributed by atoms with Gasteiger partial charge in [0, 0.05) is 12.2 Å². The summed E-state index contributed by atoms with van der Waals surface area (Å²) in [7, 11) is 0. The van der Waals surface area contributed by atoms with E-state index in [4.69, 9.17) is 17.3 Å². The van der Waals surface area contributed by atoms with Gasteiger partial charge in [-0.15, -0.1) is 0 Å². The molecular weight excluding hydrogens is 217 g/mol. The highest BCUT2D eigenvalue weighted by Crippen LogP contribution is 2.34. The molecule has 1 atom stereocenters. The summed E-state index contributed by atoms with van der Waals surface area (Å²) in [6.45, 7) is 1.46. The van der Waals surface area contributed by atoms with E-state index in [1.165, 1.54) is 6.92 Å². The Morgan fingerprint density at radius 3 is 2.50 bits per heavy atom. The van der Waals surface area contributed by atoms with E-state index in [-0.39, 0.29) is 10.7 Å². The van der Waals surface area contributed by atoms with E-state index >= 15 is 0 Å². The first-order chi connectivity index (χ1) is 6.32. The van der Waals surface area contributed by atoms with Gasteiger partial charge in [0.05, 0.1) is 5.56 Å². The molecule has 6 heteroatoms. The van der Waals surface area contributed by atoms with Gasteiger partial charge in [-0.05, 0) is 18.6 Å². The SMILES string of the molecule is CC(N)c1cnc(Cl)cc1C(F)(F)F. The number of rotatable bonds is 1. The van der Waals surface area contributed by atoms with Crippen LogP contribution in [0.25, 0.3) is 0 Å². The fraction of sp³-hybridized carbons (Fsp3) is 0.375. The van der Waals surface area contributed by atoms with E-state index in [1.54, 1.807) is 0 Å². The molecule has 1 rings (SSSR count). The Labute approximate surface area is 83.9 Å². The Bertz CT molecular complexity index is 336. The van der Waals surface area contributed by atoms with Crippen molar-refractivity contribution in [1.82, 2.24) is 4.98 Å². The van der Waals surface area contributed by atoms with Gasteiger partial charge in [0.1, 0.15) is 5.15 Å². The van der Waals surface area contributed by atoms with Gasteiger partial charge >= 0.3 is 6.18 Å². The topological polar surface area (TPSA) is 38.9 Å². The molecule has 1 heterocycles. The van der Waals surface area contributed by atoms with Crippen LogP contribution in [0.15, 0.2) is 12.3 Å². The lowest BCUT2D eigenvalue weighted by molar-refractivity contribution is -0.138. The second kappa shape index (κ2) is 3.74. The van der Waals surface area contributed by atoms with Crippen LogP contribution in [0.2, 0.25) is 5.15 Å². The van der Waals surface area contributed by atoms with E-state index in [0.29, 0.717) is 0 Å². The van der Waals surface area contributed by atoms with Crippen LogP contribution in [0, 0.1) is 0 Å². The van der Waals surface area contributed by atoms with E-state index in [0.717, 1.165) is 12.3 Å². The molecule has 0 saturated heterocycles. The molecule has 0 aromatic carbocycles. The third-order valence-corrected chi connectivity index (χ3v) is 1.90. The zero-order valence-electron chi connectivity index (χ0n) is 7.27. The summed E-state index contributed by atoms with van der Waals surface area (Å²) in [6, 6.07) is 0.0525. The van der Waals surface area contributed by atoms with Crippen LogP contribution in [0.1, 0.15) is 24.1 Å². The van der Waals surface area contributed by atoms with Gasteiger partial charge in [0.25, 0.3) is 0 Å². The maximum atomic E-state index is 12.4. The molecule has 1 aromatic heterocycles. The second-order valence-electron chi connectivity index (χ2n) is 2.88. The maximum Gasteiger partial charge on any atom is 0.416 e. The van der Waals surface area contributed by atoms with Crippen molar-refractivity contribution in [3.05, 3.63) is 28.5 Å². The van der Waals surface area contributed by atoms with Gasteiger partial charge in [0.15, 0.2) is 0 Å². The van der Waals surface area contributed by atoms with Crippen molar-refractivity contribution in [3.63, 3.8) is 0 Å². The predicted molar refractivity (Wildman–Crippen MR) is 46.9 cm³/mol. The predicted octanol–water partition coefficient (Wildman–Crippen LogP) is 2.77. The number of nitrogens with zero attached hydrogens (tertiary/aromatic N) is 1. The van der Waals surface area contributed by atoms with E-state index < -0.39 is 17.8 Å². The third kappa shape index (κ3) is 2.36. The summed E-state index contributed by atoms with van der Waals surface area (Å²) in [5, 5.41) is -0.193. The van der Waals surface area contributed by atoms with Crippen molar-refractivity contribution in [2.75, 3.05) is 0 Å². The molecule has 0 saturated carbocycles. The van der Waals surface area contributed by atoms with Gasteiger partial charge in [-0.3, -0.25) is 0 Å². The monoisotopic (exact) mass is 224 g/mol. The molecule has 0 amide bonds. The number of hydrogen-bond donors (Lipinski definition) is 1. The van der Waals surface area contributed by atoms with Crippen molar-refractivity contribution in [1.29, 1.82) is 0 Å². The van der Waals surface area contributed by atoms with Gasteiger partial charge in [-0.2, -0.15) is 13.2 Å². The smallest absolute Gasteiger partial charge is 0.324 e. The number of nitrogens with two attached hydrogens (primary N) is 1.